The van der Waals surface area contributed by atoms with Crippen LogP contribution in [-0.4, -0.2) is 4.57 Å². The number of aryl methyl sites for hydroxylation is 2. The summed E-state index contributed by atoms with van der Waals surface area (Å²) in [5.74, 6) is -0.382. The van der Waals surface area contributed by atoms with Crippen molar-refractivity contribution in [1.82, 2.24) is 4.57 Å². The van der Waals surface area contributed by atoms with E-state index in [-0.39, 0.29) is 11.1 Å². The third kappa shape index (κ3) is 2.47. The van der Waals surface area contributed by atoms with Gasteiger partial charge in [0.25, 0.3) is 0 Å². The van der Waals surface area contributed by atoms with Gasteiger partial charge in [0.05, 0.1) is 10.9 Å². The van der Waals surface area contributed by atoms with Gasteiger partial charge in [-0.15, -0.1) is 11.6 Å². The average molecular weight is 322 g/mol. The van der Waals surface area contributed by atoms with Crippen LogP contribution in [0.25, 0.3) is 11.1 Å². The first-order chi connectivity index (χ1) is 9.97. The second-order valence-corrected chi connectivity index (χ2v) is 5.89. The largest absolute Gasteiger partial charge is 0.419 e. The van der Waals surface area contributed by atoms with E-state index in [1.165, 1.54) is 4.57 Å². The van der Waals surface area contributed by atoms with Gasteiger partial charge in [0.15, 0.2) is 5.58 Å². The smallest absolute Gasteiger partial charge is 0.408 e. The van der Waals surface area contributed by atoms with Crippen LogP contribution < -0.4 is 5.76 Å². The van der Waals surface area contributed by atoms with E-state index in [0.717, 1.165) is 22.2 Å². The number of hydrogen-bond donors (Lipinski definition) is 0. The van der Waals surface area contributed by atoms with Crippen LogP contribution in [0.15, 0.2) is 45.6 Å². The second kappa shape index (κ2) is 5.24. The summed E-state index contributed by atoms with van der Waals surface area (Å²) in [4.78, 5) is 11.5. The van der Waals surface area contributed by atoms with Gasteiger partial charge in [-0.1, -0.05) is 23.7 Å². The molecule has 0 N–H and O–H groups in total. The van der Waals surface area contributed by atoms with Crippen LogP contribution in [0.1, 0.15) is 22.1 Å². The number of aromatic nitrogens is 1. The third-order valence-electron chi connectivity index (χ3n) is 3.62. The SMILES string of the molecule is Cc1ccc(Cl)cc1C(Cl)c1ccc2c(c1)oc(=O)n2C. The molecule has 108 valence electrons. The van der Waals surface area contributed by atoms with E-state index >= 15 is 0 Å². The Balaban J connectivity index is 2.11. The molecule has 0 aliphatic rings. The fourth-order valence-electron chi connectivity index (χ4n) is 2.37. The molecule has 0 spiro atoms. The number of benzene rings is 2. The lowest BCUT2D eigenvalue weighted by Crippen LogP contribution is -2.08. The van der Waals surface area contributed by atoms with E-state index in [1.807, 2.05) is 37.3 Å². The molecule has 0 bridgehead atoms. The third-order valence-corrected chi connectivity index (χ3v) is 4.35. The highest BCUT2D eigenvalue weighted by Crippen LogP contribution is 2.33. The maximum atomic E-state index is 11.5. The minimum Gasteiger partial charge on any atom is -0.408 e. The molecule has 3 rings (SSSR count). The maximum absolute atomic E-state index is 11.5. The Morgan fingerprint density at radius 3 is 2.71 bits per heavy atom. The Morgan fingerprint density at radius 1 is 1.19 bits per heavy atom. The van der Waals surface area contributed by atoms with Crippen LogP contribution in [-0.2, 0) is 7.05 Å². The van der Waals surface area contributed by atoms with Gasteiger partial charge in [0.2, 0.25) is 0 Å². The first kappa shape index (κ1) is 14.2. The summed E-state index contributed by atoms with van der Waals surface area (Å²) in [6.07, 6.45) is 0. The van der Waals surface area contributed by atoms with E-state index in [1.54, 1.807) is 13.1 Å². The molecule has 3 aromatic rings. The zero-order valence-corrected chi connectivity index (χ0v) is 13.1. The Kier molecular flexibility index (Phi) is 3.56. The van der Waals surface area contributed by atoms with Crippen molar-refractivity contribution in [2.24, 2.45) is 7.05 Å². The topological polar surface area (TPSA) is 35.1 Å². The van der Waals surface area contributed by atoms with Crippen molar-refractivity contribution in [3.05, 3.63) is 68.7 Å². The van der Waals surface area contributed by atoms with Crippen LogP contribution in [0.4, 0.5) is 0 Å². The molecule has 0 saturated heterocycles. The minimum atomic E-state index is -0.382. The zero-order chi connectivity index (χ0) is 15.1. The van der Waals surface area contributed by atoms with Gasteiger partial charge < -0.3 is 4.42 Å². The molecule has 3 nitrogen and oxygen atoms in total. The Bertz CT molecular complexity index is 880. The number of nitrogens with zero attached hydrogens (tertiary/aromatic N) is 1. The van der Waals surface area contributed by atoms with Gasteiger partial charge in [-0.3, -0.25) is 4.57 Å². The predicted octanol–water partition coefficient (Wildman–Crippen LogP) is 4.42. The molecular formula is C16H13Cl2NO2. The van der Waals surface area contributed by atoms with Crippen LogP contribution in [0.5, 0.6) is 0 Å². The maximum Gasteiger partial charge on any atom is 0.419 e. The van der Waals surface area contributed by atoms with E-state index in [4.69, 9.17) is 27.6 Å². The Hall–Kier alpha value is -1.71. The monoisotopic (exact) mass is 321 g/mol. The average Bonchev–Trinajstić information content (AvgIpc) is 2.75. The van der Waals surface area contributed by atoms with Gasteiger partial charge in [0, 0.05) is 12.1 Å². The fourth-order valence-corrected chi connectivity index (χ4v) is 2.92. The molecule has 1 heterocycles. The van der Waals surface area contributed by atoms with E-state index in [0.29, 0.717) is 10.6 Å². The van der Waals surface area contributed by atoms with E-state index in [9.17, 15) is 4.79 Å². The molecule has 0 fully saturated rings. The zero-order valence-electron chi connectivity index (χ0n) is 11.6. The van der Waals surface area contributed by atoms with Crippen molar-refractivity contribution >= 4 is 34.3 Å². The minimum absolute atomic E-state index is 0.349. The number of halogens is 2. The van der Waals surface area contributed by atoms with Crippen molar-refractivity contribution < 1.29 is 4.42 Å². The number of hydrogen-bond acceptors (Lipinski definition) is 2. The second-order valence-electron chi connectivity index (χ2n) is 5.02. The quantitative estimate of drug-likeness (QED) is 0.655. The van der Waals surface area contributed by atoms with Gasteiger partial charge >= 0.3 is 5.76 Å². The van der Waals surface area contributed by atoms with Crippen molar-refractivity contribution in [1.29, 1.82) is 0 Å². The molecule has 0 amide bonds. The van der Waals surface area contributed by atoms with Crippen molar-refractivity contribution in [2.45, 2.75) is 12.3 Å². The van der Waals surface area contributed by atoms with Gasteiger partial charge in [-0.05, 0) is 47.9 Å². The normalized spacial score (nSPS) is 12.8. The predicted molar refractivity (Wildman–Crippen MR) is 85.3 cm³/mol. The molecular weight excluding hydrogens is 309 g/mol. The number of rotatable bonds is 2. The van der Waals surface area contributed by atoms with Crippen molar-refractivity contribution in [3.63, 3.8) is 0 Å². The summed E-state index contributed by atoms with van der Waals surface area (Å²) in [5, 5.41) is 0.298. The molecule has 1 aromatic heterocycles. The molecule has 2 aromatic carbocycles. The highest BCUT2D eigenvalue weighted by molar-refractivity contribution is 6.31. The van der Waals surface area contributed by atoms with Crippen LogP contribution in [0, 0.1) is 6.92 Å². The highest BCUT2D eigenvalue weighted by Gasteiger charge is 2.16. The van der Waals surface area contributed by atoms with Gasteiger partial charge in [-0.25, -0.2) is 4.79 Å². The van der Waals surface area contributed by atoms with E-state index in [2.05, 4.69) is 0 Å². The van der Waals surface area contributed by atoms with Gasteiger partial charge in [0.1, 0.15) is 0 Å². The molecule has 21 heavy (non-hydrogen) atoms. The molecule has 0 aliphatic heterocycles. The van der Waals surface area contributed by atoms with Gasteiger partial charge in [-0.2, -0.15) is 0 Å². The Labute approximate surface area is 131 Å². The van der Waals surface area contributed by atoms with E-state index < -0.39 is 0 Å². The highest BCUT2D eigenvalue weighted by atomic mass is 35.5. The first-order valence-corrected chi connectivity index (χ1v) is 7.28. The number of oxazole rings is 1. The lowest BCUT2D eigenvalue weighted by Gasteiger charge is -2.13. The van der Waals surface area contributed by atoms with Crippen molar-refractivity contribution in [3.8, 4) is 0 Å². The first-order valence-electron chi connectivity index (χ1n) is 6.47. The van der Waals surface area contributed by atoms with Crippen LogP contribution >= 0.6 is 23.2 Å². The molecule has 1 unspecified atom stereocenters. The molecule has 1 atom stereocenters. The molecule has 5 heteroatoms. The van der Waals surface area contributed by atoms with Crippen LogP contribution in [0.3, 0.4) is 0 Å². The molecule has 0 radical (unpaired) electrons. The summed E-state index contributed by atoms with van der Waals surface area (Å²) >= 11 is 12.6. The van der Waals surface area contributed by atoms with Crippen molar-refractivity contribution in [2.75, 3.05) is 0 Å². The summed E-state index contributed by atoms with van der Waals surface area (Å²) < 4.78 is 6.67. The number of alkyl halides is 1. The summed E-state index contributed by atoms with van der Waals surface area (Å²) in [7, 11) is 1.67. The summed E-state index contributed by atoms with van der Waals surface area (Å²) in [5.41, 5.74) is 4.15. The lowest BCUT2D eigenvalue weighted by molar-refractivity contribution is 0.528. The lowest BCUT2D eigenvalue weighted by atomic mass is 10.00. The number of fused-ring (bicyclic) bond motifs is 1. The fraction of sp³-hybridized carbons (Fsp3) is 0.188. The summed E-state index contributed by atoms with van der Waals surface area (Å²) in [6, 6.07) is 11.2. The standard InChI is InChI=1S/C16H13Cl2NO2/c1-9-3-5-11(17)8-12(9)15(18)10-4-6-13-14(7-10)21-16(20)19(13)2/h3-8,15H,1-2H3. The molecule has 0 saturated carbocycles. The summed E-state index contributed by atoms with van der Waals surface area (Å²) in [6.45, 7) is 1.99. The molecule has 0 aliphatic carbocycles. The Morgan fingerprint density at radius 2 is 1.95 bits per heavy atom. The van der Waals surface area contributed by atoms with Crippen LogP contribution in [0.2, 0.25) is 5.02 Å².